The number of pyridine rings is 2. The first kappa shape index (κ1) is 19.4. The quantitative estimate of drug-likeness (QED) is 0.686. The van der Waals surface area contributed by atoms with E-state index in [2.05, 4.69) is 25.2 Å². The number of aromatic nitrogens is 4. The SMILES string of the molecule is Cc1ccn(C2CC2)c(=O)c1C(=O)NC1CCN(c2nccc(-c3cccnc3)n2)C1. The van der Waals surface area contributed by atoms with Crippen molar-refractivity contribution in [3.8, 4) is 11.3 Å². The molecule has 1 saturated heterocycles. The highest BCUT2D eigenvalue weighted by molar-refractivity contribution is 5.95. The Morgan fingerprint density at radius 3 is 2.81 bits per heavy atom. The molecule has 31 heavy (non-hydrogen) atoms. The second kappa shape index (κ2) is 7.94. The summed E-state index contributed by atoms with van der Waals surface area (Å²) in [6, 6.07) is 7.73. The number of hydrogen-bond acceptors (Lipinski definition) is 6. The van der Waals surface area contributed by atoms with Gasteiger partial charge in [0.1, 0.15) is 5.56 Å². The van der Waals surface area contributed by atoms with Gasteiger partial charge in [0.15, 0.2) is 0 Å². The maximum atomic E-state index is 12.9. The number of nitrogens with one attached hydrogen (secondary N) is 1. The molecule has 0 spiro atoms. The van der Waals surface area contributed by atoms with Crippen LogP contribution in [-0.4, -0.2) is 44.6 Å². The van der Waals surface area contributed by atoms with Crippen molar-refractivity contribution in [1.82, 2.24) is 24.8 Å². The van der Waals surface area contributed by atoms with Crippen LogP contribution in [0.25, 0.3) is 11.3 Å². The van der Waals surface area contributed by atoms with Gasteiger partial charge in [0.2, 0.25) is 5.95 Å². The number of hydrogen-bond donors (Lipinski definition) is 1. The summed E-state index contributed by atoms with van der Waals surface area (Å²) in [6.45, 7) is 3.15. The van der Waals surface area contributed by atoms with Gasteiger partial charge < -0.3 is 14.8 Å². The third kappa shape index (κ3) is 3.93. The number of rotatable bonds is 5. The van der Waals surface area contributed by atoms with Gasteiger partial charge in [0.05, 0.1) is 5.69 Å². The normalized spacial score (nSPS) is 18.2. The summed E-state index contributed by atoms with van der Waals surface area (Å²) in [7, 11) is 0. The number of nitrogens with zero attached hydrogens (tertiary/aromatic N) is 5. The van der Waals surface area contributed by atoms with E-state index in [0.717, 1.165) is 37.1 Å². The smallest absolute Gasteiger partial charge is 0.263 e. The highest BCUT2D eigenvalue weighted by Gasteiger charge is 2.30. The van der Waals surface area contributed by atoms with Gasteiger partial charge in [-0.05, 0) is 56.0 Å². The standard InChI is InChI=1S/C23H24N6O2/c1-15-7-12-29(18-4-5-18)22(31)20(15)21(30)26-17-8-11-28(14-17)23-25-10-6-19(27-23)16-3-2-9-24-13-16/h2-3,6-7,9-10,12-13,17-18H,4-5,8,11,14H2,1H3,(H,26,30). The first-order chi connectivity index (χ1) is 15.1. The van der Waals surface area contributed by atoms with Gasteiger partial charge in [-0.2, -0.15) is 0 Å². The summed E-state index contributed by atoms with van der Waals surface area (Å²) in [5.74, 6) is 0.333. The third-order valence-corrected chi connectivity index (χ3v) is 5.90. The molecule has 0 aromatic carbocycles. The van der Waals surface area contributed by atoms with Crippen molar-refractivity contribution in [1.29, 1.82) is 0 Å². The van der Waals surface area contributed by atoms with Crippen LogP contribution in [0.1, 0.15) is 41.2 Å². The zero-order valence-corrected chi connectivity index (χ0v) is 17.4. The lowest BCUT2D eigenvalue weighted by Gasteiger charge is -2.18. The van der Waals surface area contributed by atoms with E-state index in [-0.39, 0.29) is 29.1 Å². The van der Waals surface area contributed by atoms with Crippen LogP contribution < -0.4 is 15.8 Å². The Morgan fingerprint density at radius 1 is 1.16 bits per heavy atom. The first-order valence-electron chi connectivity index (χ1n) is 10.6. The summed E-state index contributed by atoms with van der Waals surface area (Å²) in [6.07, 6.45) is 9.82. The molecule has 5 rings (SSSR count). The van der Waals surface area contributed by atoms with Crippen LogP contribution in [-0.2, 0) is 0 Å². The molecule has 8 nitrogen and oxygen atoms in total. The lowest BCUT2D eigenvalue weighted by atomic mass is 10.1. The van der Waals surface area contributed by atoms with E-state index in [1.165, 1.54) is 0 Å². The Bertz CT molecular complexity index is 1170. The number of anilines is 1. The summed E-state index contributed by atoms with van der Waals surface area (Å²) in [5.41, 5.74) is 2.51. The van der Waals surface area contributed by atoms with Crippen molar-refractivity contribution in [2.75, 3.05) is 18.0 Å². The fourth-order valence-corrected chi connectivity index (χ4v) is 4.05. The van der Waals surface area contributed by atoms with Crippen LogP contribution in [0, 0.1) is 6.92 Å². The van der Waals surface area contributed by atoms with Gasteiger partial charge in [-0.1, -0.05) is 0 Å². The molecule has 1 saturated carbocycles. The second-order valence-corrected chi connectivity index (χ2v) is 8.21. The molecule has 1 aliphatic carbocycles. The fourth-order valence-electron chi connectivity index (χ4n) is 4.05. The molecule has 1 amide bonds. The summed E-state index contributed by atoms with van der Waals surface area (Å²) in [4.78, 5) is 41.0. The van der Waals surface area contributed by atoms with E-state index in [0.29, 0.717) is 18.1 Å². The summed E-state index contributed by atoms with van der Waals surface area (Å²) in [5, 5.41) is 3.05. The van der Waals surface area contributed by atoms with E-state index in [4.69, 9.17) is 0 Å². The summed E-state index contributed by atoms with van der Waals surface area (Å²) >= 11 is 0. The Labute approximate surface area is 180 Å². The molecule has 1 atom stereocenters. The molecule has 2 fully saturated rings. The van der Waals surface area contributed by atoms with Gasteiger partial charge in [0, 0.05) is 55.5 Å². The average molecular weight is 416 g/mol. The highest BCUT2D eigenvalue weighted by Crippen LogP contribution is 2.33. The highest BCUT2D eigenvalue weighted by atomic mass is 16.2. The van der Waals surface area contributed by atoms with Crippen LogP contribution in [0.15, 0.2) is 53.8 Å². The molecule has 1 unspecified atom stereocenters. The Hall–Kier alpha value is -3.55. The van der Waals surface area contributed by atoms with Gasteiger partial charge in [-0.3, -0.25) is 14.6 Å². The molecule has 1 aliphatic heterocycles. The first-order valence-corrected chi connectivity index (χ1v) is 10.6. The van der Waals surface area contributed by atoms with E-state index >= 15 is 0 Å². The average Bonchev–Trinajstić information content (AvgIpc) is 3.52. The van der Waals surface area contributed by atoms with Crippen molar-refractivity contribution in [3.63, 3.8) is 0 Å². The minimum absolute atomic E-state index is 0.0634. The molecule has 158 valence electrons. The lowest BCUT2D eigenvalue weighted by molar-refractivity contribution is 0.0937. The van der Waals surface area contributed by atoms with Gasteiger partial charge in [-0.15, -0.1) is 0 Å². The Balaban J connectivity index is 1.29. The molecule has 0 radical (unpaired) electrons. The third-order valence-electron chi connectivity index (χ3n) is 5.90. The van der Waals surface area contributed by atoms with Crippen molar-refractivity contribution in [2.24, 2.45) is 0 Å². The molecule has 0 bridgehead atoms. The molecule has 8 heteroatoms. The minimum atomic E-state index is -0.297. The van der Waals surface area contributed by atoms with E-state index in [1.54, 1.807) is 29.4 Å². The Kier molecular flexibility index (Phi) is 4.97. The molecule has 1 N–H and O–H groups in total. The van der Waals surface area contributed by atoms with Crippen LogP contribution >= 0.6 is 0 Å². The topological polar surface area (TPSA) is 93.0 Å². The monoisotopic (exact) mass is 416 g/mol. The number of carbonyl (C=O) groups excluding carboxylic acids is 1. The Morgan fingerprint density at radius 2 is 2.03 bits per heavy atom. The van der Waals surface area contributed by atoms with Crippen molar-refractivity contribution < 1.29 is 4.79 Å². The fraction of sp³-hybridized carbons (Fsp3) is 0.348. The van der Waals surface area contributed by atoms with Crippen molar-refractivity contribution >= 4 is 11.9 Å². The maximum Gasteiger partial charge on any atom is 0.263 e. The lowest BCUT2D eigenvalue weighted by Crippen LogP contribution is -2.41. The zero-order chi connectivity index (χ0) is 21.4. The van der Waals surface area contributed by atoms with Crippen LogP contribution in [0.5, 0.6) is 0 Å². The van der Waals surface area contributed by atoms with Gasteiger partial charge in [-0.25, -0.2) is 9.97 Å². The zero-order valence-electron chi connectivity index (χ0n) is 17.4. The largest absolute Gasteiger partial charge is 0.347 e. The summed E-state index contributed by atoms with van der Waals surface area (Å²) < 4.78 is 1.70. The molecular formula is C23H24N6O2. The molecular weight excluding hydrogens is 392 g/mol. The van der Waals surface area contributed by atoms with E-state index < -0.39 is 0 Å². The number of carbonyl (C=O) groups is 1. The van der Waals surface area contributed by atoms with E-state index in [1.807, 2.05) is 31.2 Å². The minimum Gasteiger partial charge on any atom is -0.347 e. The van der Waals surface area contributed by atoms with Crippen LogP contribution in [0.3, 0.4) is 0 Å². The molecule has 3 aromatic heterocycles. The van der Waals surface area contributed by atoms with E-state index in [9.17, 15) is 9.59 Å². The molecule has 4 heterocycles. The predicted molar refractivity (Wildman–Crippen MR) is 117 cm³/mol. The predicted octanol–water partition coefficient (Wildman–Crippen LogP) is 2.35. The molecule has 2 aliphatic rings. The number of aryl methyl sites for hydroxylation is 1. The second-order valence-electron chi connectivity index (χ2n) is 8.21. The van der Waals surface area contributed by atoms with Gasteiger partial charge in [0.25, 0.3) is 11.5 Å². The maximum absolute atomic E-state index is 12.9. The number of amides is 1. The van der Waals surface area contributed by atoms with Crippen LogP contribution in [0.2, 0.25) is 0 Å². The molecule has 3 aromatic rings. The van der Waals surface area contributed by atoms with Crippen molar-refractivity contribution in [3.05, 3.63) is 70.5 Å². The van der Waals surface area contributed by atoms with Crippen molar-refractivity contribution in [2.45, 2.75) is 38.3 Å². The van der Waals surface area contributed by atoms with Gasteiger partial charge >= 0.3 is 0 Å². The van der Waals surface area contributed by atoms with Crippen LogP contribution in [0.4, 0.5) is 5.95 Å².